The molecule has 0 aliphatic heterocycles. The fourth-order valence-electron chi connectivity index (χ4n) is 8.35. The minimum atomic E-state index is 0.604. The van der Waals surface area contributed by atoms with Crippen LogP contribution in [0.15, 0.2) is 191 Å². The normalized spacial score (nSPS) is 11.4. The van der Waals surface area contributed by atoms with Crippen molar-refractivity contribution in [1.29, 1.82) is 10.5 Å². The molecule has 0 N–H and O–H groups in total. The summed E-state index contributed by atoms with van der Waals surface area (Å²) >= 11 is 0. The molecule has 2 heterocycles. The number of nitriles is 2. The fourth-order valence-corrected chi connectivity index (χ4v) is 8.35. The van der Waals surface area contributed by atoms with Crippen molar-refractivity contribution in [2.45, 2.75) is 0 Å². The molecule has 0 bridgehead atoms. The Kier molecular flexibility index (Phi) is 7.50. The maximum absolute atomic E-state index is 9.66. The van der Waals surface area contributed by atoms with Crippen molar-refractivity contribution in [2.24, 2.45) is 0 Å². The molecule has 2 aromatic heterocycles. The minimum Gasteiger partial charge on any atom is -0.456 e. The summed E-state index contributed by atoms with van der Waals surface area (Å²) in [4.78, 5) is 4.34. The van der Waals surface area contributed by atoms with Crippen molar-refractivity contribution in [3.63, 3.8) is 0 Å². The van der Waals surface area contributed by atoms with Crippen LogP contribution in [-0.4, -0.2) is 0 Å². The van der Waals surface area contributed by atoms with E-state index in [1.807, 2.05) is 97.1 Å². The van der Waals surface area contributed by atoms with Gasteiger partial charge in [-0.05, 0) is 143 Å². The van der Waals surface area contributed by atoms with Crippen molar-refractivity contribution in [1.82, 2.24) is 0 Å². The maximum atomic E-state index is 9.66. The molecule has 11 rings (SSSR count). The van der Waals surface area contributed by atoms with Crippen LogP contribution in [-0.2, 0) is 0 Å². The lowest BCUT2D eigenvalue weighted by Crippen LogP contribution is -2.09. The zero-order valence-electron chi connectivity index (χ0n) is 30.9. The van der Waals surface area contributed by atoms with Gasteiger partial charge in [-0.3, -0.25) is 0 Å². The van der Waals surface area contributed by atoms with Crippen LogP contribution in [0.3, 0.4) is 0 Å². The molecule has 0 unspecified atom stereocenters. The highest BCUT2D eigenvalue weighted by molar-refractivity contribution is 6.27. The highest BCUT2D eigenvalue weighted by atomic mass is 16.3. The Morgan fingerprint density at radius 3 is 1.17 bits per heavy atom. The number of hydrogen-bond acceptors (Lipinski definition) is 6. The summed E-state index contributed by atoms with van der Waals surface area (Å²) in [5.74, 6) is 0. The van der Waals surface area contributed by atoms with E-state index in [-0.39, 0.29) is 0 Å². The fraction of sp³-hybridized carbons (Fsp3) is 0. The number of rotatable bonds is 6. The first-order valence-corrected chi connectivity index (χ1v) is 19.0. The lowest BCUT2D eigenvalue weighted by molar-refractivity contribution is 0.663. The van der Waals surface area contributed by atoms with Gasteiger partial charge in [-0.1, -0.05) is 60.7 Å². The van der Waals surface area contributed by atoms with E-state index in [9.17, 15) is 10.5 Å². The van der Waals surface area contributed by atoms with Crippen LogP contribution in [0.4, 0.5) is 34.1 Å². The molecule has 9 aromatic carbocycles. The Labute approximate surface area is 332 Å². The van der Waals surface area contributed by atoms with E-state index in [1.165, 1.54) is 0 Å². The number of furan rings is 2. The van der Waals surface area contributed by atoms with E-state index in [4.69, 9.17) is 8.83 Å². The smallest absolute Gasteiger partial charge is 0.136 e. The first-order valence-electron chi connectivity index (χ1n) is 19.0. The third-order valence-corrected chi connectivity index (χ3v) is 11.0. The van der Waals surface area contributed by atoms with Gasteiger partial charge in [0.2, 0.25) is 0 Å². The van der Waals surface area contributed by atoms with Gasteiger partial charge in [0.05, 0.1) is 23.3 Å². The molecule has 0 radical (unpaired) electrons. The Morgan fingerprint density at radius 2 is 0.741 bits per heavy atom. The zero-order valence-corrected chi connectivity index (χ0v) is 30.9. The summed E-state index contributed by atoms with van der Waals surface area (Å²) in [6, 6.07) is 65.9. The van der Waals surface area contributed by atoms with E-state index in [1.54, 1.807) is 0 Å². The number of para-hydroxylation sites is 2. The van der Waals surface area contributed by atoms with Gasteiger partial charge in [0.25, 0.3) is 0 Å². The largest absolute Gasteiger partial charge is 0.456 e. The Bertz CT molecular complexity index is 3270. The quantitative estimate of drug-likeness (QED) is 0.169. The molecule has 0 saturated heterocycles. The molecular weight excluding hydrogens is 713 g/mol. The first kappa shape index (κ1) is 33.1. The second kappa shape index (κ2) is 13.2. The lowest BCUT2D eigenvalue weighted by atomic mass is 10.0. The monoisotopic (exact) mass is 742 g/mol. The molecule has 11 aromatic rings. The summed E-state index contributed by atoms with van der Waals surface area (Å²) < 4.78 is 13.2. The van der Waals surface area contributed by atoms with Crippen molar-refractivity contribution in [3.8, 4) is 12.1 Å². The van der Waals surface area contributed by atoms with Gasteiger partial charge < -0.3 is 18.6 Å². The summed E-state index contributed by atoms with van der Waals surface area (Å²) in [5, 5.41) is 27.7. The molecule has 0 saturated carbocycles. The second-order valence-corrected chi connectivity index (χ2v) is 14.4. The van der Waals surface area contributed by atoms with Gasteiger partial charge >= 0.3 is 0 Å². The molecule has 0 aliphatic rings. The van der Waals surface area contributed by atoms with Gasteiger partial charge in [0, 0.05) is 55.7 Å². The van der Waals surface area contributed by atoms with Crippen LogP contribution in [0.2, 0.25) is 0 Å². The Morgan fingerprint density at radius 1 is 0.328 bits per heavy atom. The molecule has 6 heteroatoms. The molecule has 0 amide bonds. The van der Waals surface area contributed by atoms with Crippen LogP contribution < -0.4 is 9.80 Å². The number of hydrogen-bond donors (Lipinski definition) is 0. The van der Waals surface area contributed by atoms with Gasteiger partial charge in [-0.25, -0.2) is 0 Å². The SMILES string of the molecule is N#Cc1cccc(N(c2ccccc2)c2ccc3cc4c(cc3c2)oc2ccc3oc5cc6cc(N(c7ccccc7)c7cccc(C#N)c7)ccc6cc5c3c24)c1. The Hall–Kier alpha value is -8.32. The van der Waals surface area contributed by atoms with Crippen LogP contribution in [0.5, 0.6) is 0 Å². The van der Waals surface area contributed by atoms with Crippen LogP contribution in [0, 0.1) is 22.7 Å². The summed E-state index contributed by atoms with van der Waals surface area (Å²) in [5.41, 5.74) is 10.2. The molecule has 270 valence electrons. The van der Waals surface area contributed by atoms with E-state index in [0.29, 0.717) is 11.1 Å². The van der Waals surface area contributed by atoms with Gasteiger partial charge in [-0.15, -0.1) is 0 Å². The molecule has 0 atom stereocenters. The summed E-state index contributed by atoms with van der Waals surface area (Å²) in [6.45, 7) is 0. The first-order chi connectivity index (χ1) is 28.6. The van der Waals surface area contributed by atoms with Crippen molar-refractivity contribution in [2.75, 3.05) is 9.80 Å². The minimum absolute atomic E-state index is 0.604. The van der Waals surface area contributed by atoms with Crippen molar-refractivity contribution < 1.29 is 8.83 Å². The van der Waals surface area contributed by atoms with Crippen molar-refractivity contribution >= 4 is 99.5 Å². The average molecular weight is 743 g/mol. The summed E-state index contributed by atoms with van der Waals surface area (Å²) in [6.07, 6.45) is 0. The average Bonchev–Trinajstić information content (AvgIpc) is 3.82. The molecular formula is C52H30N4O2. The third kappa shape index (κ3) is 5.40. The van der Waals surface area contributed by atoms with Crippen molar-refractivity contribution in [3.05, 3.63) is 193 Å². The molecule has 58 heavy (non-hydrogen) atoms. The zero-order chi connectivity index (χ0) is 38.7. The third-order valence-electron chi connectivity index (χ3n) is 11.0. The van der Waals surface area contributed by atoms with E-state index in [2.05, 4.69) is 107 Å². The molecule has 0 spiro atoms. The standard InChI is InChI=1S/C52H30N4O2/c53-31-33-9-7-15-41(23-33)55(39-11-3-1-4-12-39)43-19-17-35-27-45-49(29-37(35)25-43)57-47-21-22-48-52(51(45)47)46-28-36-18-20-44(26-38(36)30-50(46)58-48)56(40-13-5-2-6-14-40)42-16-8-10-34(24-42)32-54/h1-30H. The maximum Gasteiger partial charge on any atom is 0.136 e. The van der Waals surface area contributed by atoms with E-state index >= 15 is 0 Å². The molecule has 6 nitrogen and oxygen atoms in total. The number of anilines is 6. The van der Waals surface area contributed by atoms with Gasteiger partial charge in [-0.2, -0.15) is 10.5 Å². The van der Waals surface area contributed by atoms with Gasteiger partial charge in [0.1, 0.15) is 22.3 Å². The summed E-state index contributed by atoms with van der Waals surface area (Å²) in [7, 11) is 0. The van der Waals surface area contributed by atoms with E-state index < -0.39 is 0 Å². The number of benzene rings is 9. The van der Waals surface area contributed by atoms with Crippen LogP contribution in [0.1, 0.15) is 11.1 Å². The Balaban J connectivity index is 1.05. The van der Waals surface area contributed by atoms with E-state index in [0.717, 1.165) is 99.5 Å². The predicted octanol–water partition coefficient (Wildman–Crippen LogP) is 14.5. The number of fused-ring (bicyclic) bond motifs is 9. The van der Waals surface area contributed by atoms with Crippen LogP contribution in [0.25, 0.3) is 65.4 Å². The predicted molar refractivity (Wildman–Crippen MR) is 235 cm³/mol. The number of nitrogens with zero attached hydrogens (tertiary/aromatic N) is 4. The van der Waals surface area contributed by atoms with Gasteiger partial charge in [0.15, 0.2) is 0 Å². The molecule has 0 aliphatic carbocycles. The second-order valence-electron chi connectivity index (χ2n) is 14.4. The molecule has 0 fully saturated rings. The lowest BCUT2D eigenvalue weighted by Gasteiger charge is -2.26. The highest BCUT2D eigenvalue weighted by Crippen LogP contribution is 2.44. The highest BCUT2D eigenvalue weighted by Gasteiger charge is 2.20. The van der Waals surface area contributed by atoms with Crippen LogP contribution >= 0.6 is 0 Å². The topological polar surface area (TPSA) is 80.3 Å².